The second-order valence-corrected chi connectivity index (χ2v) is 5.39. The van der Waals surface area contributed by atoms with Crippen molar-refractivity contribution >= 4 is 0 Å². The maximum Gasteiger partial charge on any atom is 0.112 e. The maximum absolute atomic E-state index is 6.08. The van der Waals surface area contributed by atoms with E-state index in [-0.39, 0.29) is 0 Å². The number of aromatic nitrogens is 2. The minimum Gasteiger partial charge on any atom is -0.330 e. The molecule has 1 atom stereocenters. The maximum atomic E-state index is 6.08. The average Bonchev–Trinajstić information content (AvgIpc) is 2.86. The fourth-order valence-electron chi connectivity index (χ4n) is 3.29. The van der Waals surface area contributed by atoms with Gasteiger partial charge in [-0.25, -0.2) is 4.98 Å². The lowest BCUT2D eigenvalue weighted by Crippen LogP contribution is -2.33. The highest BCUT2D eigenvalue weighted by molar-refractivity contribution is 5.21. The first-order valence-electron chi connectivity index (χ1n) is 6.57. The van der Waals surface area contributed by atoms with E-state index in [2.05, 4.69) is 11.5 Å². The second-order valence-electron chi connectivity index (χ2n) is 5.39. The van der Waals surface area contributed by atoms with Crippen molar-refractivity contribution < 1.29 is 0 Å². The van der Waals surface area contributed by atoms with Crippen molar-refractivity contribution in [2.75, 3.05) is 0 Å². The summed E-state index contributed by atoms with van der Waals surface area (Å²) >= 11 is 0. The molecule has 0 amide bonds. The van der Waals surface area contributed by atoms with Crippen molar-refractivity contribution in [3.8, 4) is 0 Å². The average molecular weight is 219 g/mol. The summed E-state index contributed by atoms with van der Waals surface area (Å²) < 4.78 is 2.43. The molecule has 1 aromatic heterocycles. The normalized spacial score (nSPS) is 26.0. The zero-order valence-corrected chi connectivity index (χ0v) is 10.1. The Balaban J connectivity index is 1.98. The van der Waals surface area contributed by atoms with E-state index in [1.807, 2.05) is 0 Å². The summed E-state index contributed by atoms with van der Waals surface area (Å²) in [5.41, 5.74) is 8.77. The lowest BCUT2D eigenvalue weighted by molar-refractivity contribution is 0.437. The quantitative estimate of drug-likeness (QED) is 0.786. The van der Waals surface area contributed by atoms with Gasteiger partial charge in [-0.05, 0) is 32.6 Å². The van der Waals surface area contributed by atoms with Gasteiger partial charge < -0.3 is 10.3 Å². The first-order valence-corrected chi connectivity index (χ1v) is 6.57. The number of nitrogens with zero attached hydrogens (tertiary/aromatic N) is 2. The number of fused-ring (bicyclic) bond motifs is 1. The van der Waals surface area contributed by atoms with Crippen molar-refractivity contribution in [3.05, 3.63) is 17.2 Å². The third kappa shape index (κ3) is 1.58. The largest absolute Gasteiger partial charge is 0.330 e. The van der Waals surface area contributed by atoms with Gasteiger partial charge in [-0.3, -0.25) is 0 Å². The van der Waals surface area contributed by atoms with E-state index in [0.717, 1.165) is 19.4 Å². The molecule has 1 aromatic rings. The summed E-state index contributed by atoms with van der Waals surface area (Å²) in [5.74, 6) is 2.04. The summed E-state index contributed by atoms with van der Waals surface area (Å²) in [5, 5.41) is 0. The first kappa shape index (κ1) is 10.3. The van der Waals surface area contributed by atoms with Gasteiger partial charge in [0.2, 0.25) is 0 Å². The van der Waals surface area contributed by atoms with E-state index in [1.54, 1.807) is 0 Å². The Kier molecular flexibility index (Phi) is 2.51. The van der Waals surface area contributed by atoms with Gasteiger partial charge in [-0.2, -0.15) is 0 Å². The molecule has 1 aliphatic heterocycles. The lowest BCUT2D eigenvalue weighted by atomic mass is 10.0. The van der Waals surface area contributed by atoms with Gasteiger partial charge in [0, 0.05) is 24.2 Å². The molecule has 16 heavy (non-hydrogen) atoms. The van der Waals surface area contributed by atoms with E-state index in [4.69, 9.17) is 10.7 Å². The predicted molar refractivity (Wildman–Crippen MR) is 64.5 cm³/mol. The monoisotopic (exact) mass is 219 g/mol. The molecule has 1 fully saturated rings. The topological polar surface area (TPSA) is 43.8 Å². The Morgan fingerprint density at radius 3 is 2.75 bits per heavy atom. The van der Waals surface area contributed by atoms with Crippen LogP contribution in [0.5, 0.6) is 0 Å². The second kappa shape index (κ2) is 3.88. The van der Waals surface area contributed by atoms with Crippen molar-refractivity contribution in [3.63, 3.8) is 0 Å². The van der Waals surface area contributed by atoms with E-state index < -0.39 is 0 Å². The summed E-state index contributed by atoms with van der Waals surface area (Å²) in [4.78, 5) is 4.82. The summed E-state index contributed by atoms with van der Waals surface area (Å²) in [6.45, 7) is 3.14. The van der Waals surface area contributed by atoms with Crippen molar-refractivity contribution in [1.29, 1.82) is 0 Å². The minimum atomic E-state index is 0.334. The molecular formula is C13H21N3. The van der Waals surface area contributed by atoms with Crippen LogP contribution in [-0.2, 0) is 13.0 Å². The van der Waals surface area contributed by atoms with Crippen LogP contribution >= 0.6 is 0 Å². The van der Waals surface area contributed by atoms with E-state index >= 15 is 0 Å². The molecule has 3 rings (SSSR count). The van der Waals surface area contributed by atoms with Crippen LogP contribution in [0.3, 0.4) is 0 Å². The summed E-state index contributed by atoms with van der Waals surface area (Å²) in [7, 11) is 0. The van der Waals surface area contributed by atoms with Gasteiger partial charge in [0.25, 0.3) is 0 Å². The zero-order valence-electron chi connectivity index (χ0n) is 10.1. The predicted octanol–water partition coefficient (Wildman–Crippen LogP) is 2.12. The summed E-state index contributed by atoms with van der Waals surface area (Å²) in [6, 6.07) is 0.334. The van der Waals surface area contributed by atoms with E-state index in [9.17, 15) is 0 Å². The minimum absolute atomic E-state index is 0.334. The number of hydrogen-bond acceptors (Lipinski definition) is 2. The highest BCUT2D eigenvalue weighted by Crippen LogP contribution is 2.35. The van der Waals surface area contributed by atoms with Crippen molar-refractivity contribution in [2.45, 2.75) is 64.0 Å². The van der Waals surface area contributed by atoms with Gasteiger partial charge in [0.1, 0.15) is 5.82 Å². The zero-order chi connectivity index (χ0) is 11.1. The first-order chi connectivity index (χ1) is 7.75. The number of imidazole rings is 1. The van der Waals surface area contributed by atoms with Gasteiger partial charge in [0.05, 0.1) is 5.69 Å². The van der Waals surface area contributed by atoms with Gasteiger partial charge in [-0.1, -0.05) is 12.8 Å². The molecule has 3 heteroatoms. The molecule has 0 saturated heterocycles. The Labute approximate surface area is 97.0 Å². The summed E-state index contributed by atoms with van der Waals surface area (Å²) in [6.07, 6.45) is 7.63. The van der Waals surface area contributed by atoms with Gasteiger partial charge in [-0.15, -0.1) is 0 Å². The Morgan fingerprint density at radius 1 is 1.25 bits per heavy atom. The van der Waals surface area contributed by atoms with E-state index in [0.29, 0.717) is 12.0 Å². The van der Waals surface area contributed by atoms with Gasteiger partial charge >= 0.3 is 0 Å². The van der Waals surface area contributed by atoms with Crippen LogP contribution in [0, 0.1) is 6.92 Å². The fourth-order valence-corrected chi connectivity index (χ4v) is 3.29. The molecule has 0 spiro atoms. The van der Waals surface area contributed by atoms with Crippen LogP contribution in [0.15, 0.2) is 0 Å². The van der Waals surface area contributed by atoms with E-state index in [1.165, 1.54) is 42.9 Å². The highest BCUT2D eigenvalue weighted by atomic mass is 15.1. The number of aryl methyl sites for hydroxylation is 1. The van der Waals surface area contributed by atoms with Crippen LogP contribution in [0.4, 0.5) is 0 Å². The van der Waals surface area contributed by atoms with Crippen LogP contribution in [0.2, 0.25) is 0 Å². The molecule has 0 aromatic carbocycles. The SMILES string of the molecule is Cc1nc(C2CCCC2)n2c1CCC(N)C2. The molecule has 0 radical (unpaired) electrons. The third-order valence-electron chi connectivity index (χ3n) is 4.19. The standard InChI is InChI=1S/C13H21N3/c1-9-12-7-6-11(14)8-16(12)13(15-9)10-4-2-3-5-10/h10-11H,2-8,14H2,1H3. The molecule has 2 aliphatic rings. The Morgan fingerprint density at radius 2 is 2.00 bits per heavy atom. The van der Waals surface area contributed by atoms with Crippen LogP contribution in [-0.4, -0.2) is 15.6 Å². The molecular weight excluding hydrogens is 198 g/mol. The highest BCUT2D eigenvalue weighted by Gasteiger charge is 2.27. The fraction of sp³-hybridized carbons (Fsp3) is 0.769. The molecule has 1 saturated carbocycles. The molecule has 2 N–H and O–H groups in total. The Bertz CT molecular complexity index is 388. The molecule has 1 aliphatic carbocycles. The van der Waals surface area contributed by atoms with Crippen molar-refractivity contribution in [1.82, 2.24) is 9.55 Å². The van der Waals surface area contributed by atoms with Crippen LogP contribution in [0.25, 0.3) is 0 Å². The van der Waals surface area contributed by atoms with Crippen LogP contribution in [0.1, 0.15) is 55.2 Å². The molecule has 0 bridgehead atoms. The third-order valence-corrected chi connectivity index (χ3v) is 4.19. The molecule has 3 nitrogen and oxygen atoms in total. The molecule has 2 heterocycles. The number of rotatable bonds is 1. The van der Waals surface area contributed by atoms with Crippen LogP contribution < -0.4 is 5.73 Å². The number of hydrogen-bond donors (Lipinski definition) is 1. The Hall–Kier alpha value is -0.830. The lowest BCUT2D eigenvalue weighted by Gasteiger charge is -2.24. The smallest absolute Gasteiger partial charge is 0.112 e. The molecule has 88 valence electrons. The van der Waals surface area contributed by atoms with Gasteiger partial charge in [0.15, 0.2) is 0 Å². The number of nitrogens with two attached hydrogens (primary N) is 1. The van der Waals surface area contributed by atoms with Crippen molar-refractivity contribution in [2.24, 2.45) is 5.73 Å². The molecule has 1 unspecified atom stereocenters.